The molecule has 3 nitrogen and oxygen atoms in total. The first kappa shape index (κ1) is 17.2. The van der Waals surface area contributed by atoms with Crippen LogP contribution in [0, 0.1) is 13.8 Å². The van der Waals surface area contributed by atoms with E-state index in [1.54, 1.807) is 0 Å². The number of carbonyl (C=O) groups is 1. The number of aryl methyl sites for hydroxylation is 2. The van der Waals surface area contributed by atoms with Crippen molar-refractivity contribution in [3.05, 3.63) is 56.8 Å². The van der Waals surface area contributed by atoms with Crippen molar-refractivity contribution in [3.63, 3.8) is 0 Å². The monoisotopic (exact) mass is 342 g/mol. The minimum Gasteiger partial charge on any atom is -0.348 e. The van der Waals surface area contributed by atoms with Crippen molar-refractivity contribution in [1.82, 2.24) is 10.2 Å². The number of hydrogen-bond donors (Lipinski definition) is 1. The highest BCUT2D eigenvalue weighted by Gasteiger charge is 2.26. The second-order valence-electron chi connectivity index (χ2n) is 6.83. The van der Waals surface area contributed by atoms with Crippen molar-refractivity contribution in [2.45, 2.75) is 46.2 Å². The van der Waals surface area contributed by atoms with Gasteiger partial charge in [-0.25, -0.2) is 0 Å². The minimum atomic E-state index is 0.0357. The third kappa shape index (κ3) is 3.55. The second-order valence-corrected chi connectivity index (χ2v) is 7.83. The molecule has 1 aliphatic rings. The average molecular weight is 343 g/mol. The van der Waals surface area contributed by atoms with Crippen LogP contribution in [0.3, 0.4) is 0 Å². The molecule has 0 spiro atoms. The van der Waals surface area contributed by atoms with E-state index < -0.39 is 0 Å². The summed E-state index contributed by atoms with van der Waals surface area (Å²) in [4.78, 5) is 16.2. The highest BCUT2D eigenvalue weighted by Crippen LogP contribution is 2.32. The number of nitrogens with one attached hydrogen (secondary N) is 1. The molecule has 0 saturated carbocycles. The zero-order chi connectivity index (χ0) is 17.3. The standard InChI is InChI=1S/C20H26N2OS/c1-13-5-6-17(11-14(13)2)15(3)21-20(23)12-22-9-7-19-18(16(22)4)8-10-24-19/h5-6,8,10-11,15-16H,7,9,12H2,1-4H3,(H,21,23)/t15-,16+/m0/s1. The average Bonchev–Trinajstić information content (AvgIpc) is 3.02. The lowest BCUT2D eigenvalue weighted by Gasteiger charge is -2.33. The molecule has 0 unspecified atom stereocenters. The lowest BCUT2D eigenvalue weighted by molar-refractivity contribution is -0.123. The minimum absolute atomic E-state index is 0.0357. The lowest BCUT2D eigenvalue weighted by atomic mass is 10.0. The van der Waals surface area contributed by atoms with E-state index in [1.807, 2.05) is 11.3 Å². The van der Waals surface area contributed by atoms with E-state index in [-0.39, 0.29) is 11.9 Å². The lowest BCUT2D eigenvalue weighted by Crippen LogP contribution is -2.42. The van der Waals surface area contributed by atoms with Crippen LogP contribution in [0.4, 0.5) is 0 Å². The first-order valence-corrected chi connectivity index (χ1v) is 9.50. The van der Waals surface area contributed by atoms with Gasteiger partial charge in [0.05, 0.1) is 12.6 Å². The van der Waals surface area contributed by atoms with Crippen LogP contribution in [0.2, 0.25) is 0 Å². The van der Waals surface area contributed by atoms with E-state index in [9.17, 15) is 4.79 Å². The molecule has 0 bridgehead atoms. The van der Waals surface area contributed by atoms with E-state index in [0.717, 1.165) is 13.0 Å². The number of amides is 1. The largest absolute Gasteiger partial charge is 0.348 e. The summed E-state index contributed by atoms with van der Waals surface area (Å²) in [7, 11) is 0. The smallest absolute Gasteiger partial charge is 0.234 e. The predicted octanol–water partition coefficient (Wildman–Crippen LogP) is 4.16. The fourth-order valence-corrected chi connectivity index (χ4v) is 4.33. The van der Waals surface area contributed by atoms with Gasteiger partial charge in [-0.05, 0) is 67.8 Å². The molecular weight excluding hydrogens is 316 g/mol. The Morgan fingerprint density at radius 2 is 2.12 bits per heavy atom. The SMILES string of the molecule is Cc1ccc([C@H](C)NC(=O)CN2CCc3sccc3[C@H]2C)cc1C. The molecule has 0 saturated heterocycles. The van der Waals surface area contributed by atoms with Gasteiger partial charge in [0.15, 0.2) is 0 Å². The van der Waals surface area contributed by atoms with Crippen LogP contribution < -0.4 is 5.32 Å². The highest BCUT2D eigenvalue weighted by atomic mass is 32.1. The Hall–Kier alpha value is -1.65. The summed E-state index contributed by atoms with van der Waals surface area (Å²) in [6.45, 7) is 9.90. The molecule has 1 aromatic carbocycles. The summed E-state index contributed by atoms with van der Waals surface area (Å²) in [5.74, 6) is 0.103. The van der Waals surface area contributed by atoms with Gasteiger partial charge in [0.1, 0.15) is 0 Å². The van der Waals surface area contributed by atoms with Crippen LogP contribution >= 0.6 is 11.3 Å². The van der Waals surface area contributed by atoms with E-state index >= 15 is 0 Å². The normalized spacial score (nSPS) is 18.9. The Morgan fingerprint density at radius 3 is 2.88 bits per heavy atom. The molecule has 128 valence electrons. The molecule has 1 amide bonds. The van der Waals surface area contributed by atoms with Crippen molar-refractivity contribution in [2.75, 3.05) is 13.1 Å². The molecule has 0 fully saturated rings. The molecule has 1 N–H and O–H groups in total. The topological polar surface area (TPSA) is 32.3 Å². The van der Waals surface area contributed by atoms with Gasteiger partial charge in [0, 0.05) is 17.5 Å². The summed E-state index contributed by atoms with van der Waals surface area (Å²) in [6, 6.07) is 8.96. The van der Waals surface area contributed by atoms with Crippen molar-refractivity contribution in [1.29, 1.82) is 0 Å². The van der Waals surface area contributed by atoms with Gasteiger partial charge in [-0.3, -0.25) is 9.69 Å². The quantitative estimate of drug-likeness (QED) is 0.905. The van der Waals surface area contributed by atoms with E-state index in [0.29, 0.717) is 12.6 Å². The number of benzene rings is 1. The summed E-state index contributed by atoms with van der Waals surface area (Å²) in [5.41, 5.74) is 5.11. The fraction of sp³-hybridized carbons (Fsp3) is 0.450. The highest BCUT2D eigenvalue weighted by molar-refractivity contribution is 7.10. The molecule has 3 rings (SSSR count). The molecule has 24 heavy (non-hydrogen) atoms. The Bertz CT molecular complexity index is 737. The number of fused-ring (bicyclic) bond motifs is 1. The molecule has 4 heteroatoms. The van der Waals surface area contributed by atoms with E-state index in [4.69, 9.17) is 0 Å². The summed E-state index contributed by atoms with van der Waals surface area (Å²) < 4.78 is 0. The number of nitrogens with zero attached hydrogens (tertiary/aromatic N) is 1. The van der Waals surface area contributed by atoms with E-state index in [1.165, 1.54) is 27.1 Å². The molecule has 2 atom stereocenters. The summed E-state index contributed by atoms with van der Waals surface area (Å²) in [5, 5.41) is 5.31. The molecule has 1 aliphatic heterocycles. The molecule has 2 aromatic rings. The van der Waals surface area contributed by atoms with Gasteiger partial charge in [-0.15, -0.1) is 11.3 Å². The Labute approximate surface area is 148 Å². The van der Waals surface area contributed by atoms with Gasteiger partial charge in [-0.1, -0.05) is 18.2 Å². The summed E-state index contributed by atoms with van der Waals surface area (Å²) >= 11 is 1.83. The first-order chi connectivity index (χ1) is 11.5. The Kier molecular flexibility index (Phi) is 5.07. The van der Waals surface area contributed by atoms with Crippen LogP contribution in [-0.4, -0.2) is 23.9 Å². The van der Waals surface area contributed by atoms with Crippen LogP contribution in [-0.2, 0) is 11.2 Å². The first-order valence-electron chi connectivity index (χ1n) is 8.62. The van der Waals surface area contributed by atoms with Crippen LogP contribution in [0.25, 0.3) is 0 Å². The van der Waals surface area contributed by atoms with Crippen molar-refractivity contribution >= 4 is 17.2 Å². The third-order valence-corrected chi connectivity index (χ3v) is 6.16. The zero-order valence-electron chi connectivity index (χ0n) is 14.9. The molecular formula is C20H26N2OS. The van der Waals surface area contributed by atoms with Crippen LogP contribution in [0.1, 0.15) is 53.1 Å². The second kappa shape index (κ2) is 7.08. The maximum atomic E-state index is 12.5. The van der Waals surface area contributed by atoms with Crippen molar-refractivity contribution < 1.29 is 4.79 Å². The maximum absolute atomic E-state index is 12.5. The maximum Gasteiger partial charge on any atom is 0.234 e. The molecule has 2 heterocycles. The predicted molar refractivity (Wildman–Crippen MR) is 100 cm³/mol. The van der Waals surface area contributed by atoms with Crippen molar-refractivity contribution in [2.24, 2.45) is 0 Å². The van der Waals surface area contributed by atoms with Crippen molar-refractivity contribution in [3.8, 4) is 0 Å². The number of carbonyl (C=O) groups excluding carboxylic acids is 1. The third-order valence-electron chi connectivity index (χ3n) is 5.16. The zero-order valence-corrected chi connectivity index (χ0v) is 15.7. The summed E-state index contributed by atoms with van der Waals surface area (Å²) in [6.07, 6.45) is 1.05. The van der Waals surface area contributed by atoms with Gasteiger partial charge in [0.25, 0.3) is 0 Å². The molecule has 1 aromatic heterocycles. The number of rotatable bonds is 4. The van der Waals surface area contributed by atoms with Gasteiger partial charge < -0.3 is 5.32 Å². The van der Waals surface area contributed by atoms with Gasteiger partial charge >= 0.3 is 0 Å². The van der Waals surface area contributed by atoms with Crippen LogP contribution in [0.15, 0.2) is 29.6 Å². The van der Waals surface area contributed by atoms with Gasteiger partial charge in [-0.2, -0.15) is 0 Å². The fourth-order valence-electron chi connectivity index (χ4n) is 3.37. The number of thiophene rings is 1. The van der Waals surface area contributed by atoms with Crippen LogP contribution in [0.5, 0.6) is 0 Å². The molecule has 0 radical (unpaired) electrons. The van der Waals surface area contributed by atoms with E-state index in [2.05, 4.69) is 67.6 Å². The van der Waals surface area contributed by atoms with Gasteiger partial charge in [0.2, 0.25) is 5.91 Å². The Balaban J connectivity index is 1.60. The number of hydrogen-bond acceptors (Lipinski definition) is 3. The Morgan fingerprint density at radius 1 is 1.33 bits per heavy atom. The molecule has 0 aliphatic carbocycles.